The molecule has 32 heavy (non-hydrogen) atoms. The van der Waals surface area contributed by atoms with Crippen LogP contribution < -0.4 is 20.7 Å². The van der Waals surface area contributed by atoms with E-state index in [1.165, 1.54) is 18.4 Å². The number of hydrogen-bond acceptors (Lipinski definition) is 6. The fourth-order valence-electron chi connectivity index (χ4n) is 2.94. The van der Waals surface area contributed by atoms with Crippen molar-refractivity contribution in [1.29, 1.82) is 0 Å². The molecule has 2 unspecified atom stereocenters. The number of aromatic nitrogens is 2. The number of hydrogen-bond donors (Lipinski definition) is 3. The number of methoxy groups -OCH3 is 1. The first-order chi connectivity index (χ1) is 15.4. The van der Waals surface area contributed by atoms with Crippen molar-refractivity contribution in [3.63, 3.8) is 0 Å². The Labute approximate surface area is 195 Å². The molecule has 3 aromatic rings. The molecule has 3 N–H and O–H groups in total. The zero-order valence-electron chi connectivity index (χ0n) is 17.9. The van der Waals surface area contributed by atoms with Crippen molar-refractivity contribution in [3.05, 3.63) is 53.6 Å². The lowest BCUT2D eigenvalue weighted by molar-refractivity contribution is -0.119. The van der Waals surface area contributed by atoms with E-state index in [-0.39, 0.29) is 11.8 Å². The molecule has 0 saturated carbocycles. The van der Waals surface area contributed by atoms with E-state index in [0.717, 1.165) is 5.56 Å². The molecule has 8 nitrogen and oxygen atoms in total. The van der Waals surface area contributed by atoms with Gasteiger partial charge >= 0.3 is 6.03 Å². The maximum atomic E-state index is 13.0. The molecule has 0 spiro atoms. The third-order valence-corrected chi connectivity index (χ3v) is 5.99. The third-order valence-electron chi connectivity index (χ3n) is 4.86. The molecule has 0 aliphatic heterocycles. The van der Waals surface area contributed by atoms with Crippen molar-refractivity contribution in [2.75, 3.05) is 17.7 Å². The number of urea groups is 1. The van der Waals surface area contributed by atoms with E-state index in [9.17, 15) is 9.59 Å². The van der Waals surface area contributed by atoms with Crippen molar-refractivity contribution in [3.8, 4) is 16.3 Å². The van der Waals surface area contributed by atoms with E-state index < -0.39 is 12.1 Å². The molecule has 0 fully saturated rings. The first kappa shape index (κ1) is 23.5. The van der Waals surface area contributed by atoms with Crippen molar-refractivity contribution >= 4 is 45.7 Å². The van der Waals surface area contributed by atoms with E-state index in [1.807, 2.05) is 26.0 Å². The van der Waals surface area contributed by atoms with Gasteiger partial charge in [-0.3, -0.25) is 10.1 Å². The van der Waals surface area contributed by atoms with Crippen LogP contribution in [0.15, 0.2) is 48.5 Å². The van der Waals surface area contributed by atoms with E-state index in [0.29, 0.717) is 33.0 Å². The van der Waals surface area contributed by atoms with Gasteiger partial charge in [-0.05, 0) is 30.2 Å². The number of amides is 3. The number of ether oxygens (including phenoxy) is 1. The Morgan fingerprint density at radius 3 is 2.62 bits per heavy atom. The van der Waals surface area contributed by atoms with Gasteiger partial charge in [-0.15, -0.1) is 10.2 Å². The number of anilines is 2. The highest BCUT2D eigenvalue weighted by molar-refractivity contribution is 7.18. The van der Waals surface area contributed by atoms with Crippen LogP contribution >= 0.6 is 22.9 Å². The maximum absolute atomic E-state index is 13.0. The SMILES string of the molecule is CCC(C)C(NC(=O)Nc1ccccc1OC)C(=O)Nc1nnc(-c2cccc(Cl)c2)s1. The first-order valence-electron chi connectivity index (χ1n) is 10.0. The highest BCUT2D eigenvalue weighted by atomic mass is 35.5. The standard InChI is InChI=1S/C22H24ClN5O3S/c1-4-13(2)18(25-21(30)24-16-10-5-6-11-17(16)31-3)19(29)26-22-28-27-20(32-22)14-8-7-9-15(23)12-14/h5-13,18H,4H2,1-3H3,(H2,24,25,30)(H,26,28,29). The Hall–Kier alpha value is -3.17. The summed E-state index contributed by atoms with van der Waals surface area (Å²) in [5.74, 6) is 0.0386. The fourth-order valence-corrected chi connectivity index (χ4v) is 3.88. The van der Waals surface area contributed by atoms with Crippen LogP contribution in [0, 0.1) is 5.92 Å². The Morgan fingerprint density at radius 2 is 1.91 bits per heavy atom. The van der Waals surface area contributed by atoms with Gasteiger partial charge in [-0.2, -0.15) is 0 Å². The van der Waals surface area contributed by atoms with Crippen molar-refractivity contribution in [1.82, 2.24) is 15.5 Å². The highest BCUT2D eigenvalue weighted by Gasteiger charge is 2.27. The molecule has 168 valence electrons. The average molecular weight is 474 g/mol. The number of para-hydroxylation sites is 2. The molecule has 10 heteroatoms. The number of rotatable bonds is 8. The van der Waals surface area contributed by atoms with Gasteiger partial charge in [0.25, 0.3) is 0 Å². The summed E-state index contributed by atoms with van der Waals surface area (Å²) >= 11 is 7.26. The molecule has 0 aliphatic carbocycles. The summed E-state index contributed by atoms with van der Waals surface area (Å²) in [6.45, 7) is 3.85. The van der Waals surface area contributed by atoms with Crippen LogP contribution in [0.2, 0.25) is 5.02 Å². The van der Waals surface area contributed by atoms with E-state index in [1.54, 1.807) is 36.4 Å². The normalized spacial score (nSPS) is 12.5. The van der Waals surface area contributed by atoms with Crippen LogP contribution in [0.25, 0.3) is 10.6 Å². The lowest BCUT2D eigenvalue weighted by atomic mass is 9.98. The number of benzene rings is 2. The fraction of sp³-hybridized carbons (Fsp3) is 0.273. The largest absolute Gasteiger partial charge is 0.495 e. The number of nitrogens with one attached hydrogen (secondary N) is 3. The molecule has 0 bridgehead atoms. The summed E-state index contributed by atoms with van der Waals surface area (Å²) in [6.07, 6.45) is 0.691. The van der Waals surface area contributed by atoms with Crippen molar-refractivity contribution in [2.24, 2.45) is 5.92 Å². The molecule has 0 aliphatic rings. The van der Waals surface area contributed by atoms with Crippen LogP contribution in [0.4, 0.5) is 15.6 Å². The van der Waals surface area contributed by atoms with Crippen LogP contribution in [0.5, 0.6) is 5.75 Å². The summed E-state index contributed by atoms with van der Waals surface area (Å²) in [6, 6.07) is 13.0. The van der Waals surface area contributed by atoms with Gasteiger partial charge in [0.1, 0.15) is 16.8 Å². The Balaban J connectivity index is 1.69. The monoisotopic (exact) mass is 473 g/mol. The lowest BCUT2D eigenvalue weighted by Gasteiger charge is -2.23. The maximum Gasteiger partial charge on any atom is 0.320 e. The summed E-state index contributed by atoms with van der Waals surface area (Å²) < 4.78 is 5.25. The first-order valence-corrected chi connectivity index (χ1v) is 11.2. The Morgan fingerprint density at radius 1 is 1.12 bits per heavy atom. The number of halogens is 1. The van der Waals surface area contributed by atoms with Crippen LogP contribution in [0.3, 0.4) is 0 Å². The average Bonchev–Trinajstić information content (AvgIpc) is 3.25. The summed E-state index contributed by atoms with van der Waals surface area (Å²) in [5.41, 5.74) is 1.31. The predicted molar refractivity (Wildman–Crippen MR) is 127 cm³/mol. The highest BCUT2D eigenvalue weighted by Crippen LogP contribution is 2.28. The van der Waals surface area contributed by atoms with E-state index in [4.69, 9.17) is 16.3 Å². The third kappa shape index (κ3) is 5.95. The molecule has 0 radical (unpaired) electrons. The van der Waals surface area contributed by atoms with Gasteiger partial charge in [0.2, 0.25) is 11.0 Å². The number of carbonyl (C=O) groups is 2. The van der Waals surface area contributed by atoms with E-state index >= 15 is 0 Å². The Bertz CT molecular complexity index is 1090. The van der Waals surface area contributed by atoms with Crippen LogP contribution in [-0.4, -0.2) is 35.3 Å². The predicted octanol–water partition coefficient (Wildman–Crippen LogP) is 5.04. The second-order valence-electron chi connectivity index (χ2n) is 7.07. The smallest absolute Gasteiger partial charge is 0.320 e. The van der Waals surface area contributed by atoms with Crippen LogP contribution in [0.1, 0.15) is 20.3 Å². The van der Waals surface area contributed by atoms with Gasteiger partial charge < -0.3 is 15.4 Å². The molecule has 2 atom stereocenters. The summed E-state index contributed by atoms with van der Waals surface area (Å²) in [5, 5.41) is 18.0. The quantitative estimate of drug-likeness (QED) is 0.425. The number of nitrogens with zero attached hydrogens (tertiary/aromatic N) is 2. The molecule has 1 aromatic heterocycles. The van der Waals surface area contributed by atoms with Gasteiger partial charge in [0.05, 0.1) is 12.8 Å². The summed E-state index contributed by atoms with van der Waals surface area (Å²) in [4.78, 5) is 25.6. The van der Waals surface area contributed by atoms with Gasteiger partial charge in [0.15, 0.2) is 0 Å². The zero-order chi connectivity index (χ0) is 23.1. The molecular weight excluding hydrogens is 450 g/mol. The second-order valence-corrected chi connectivity index (χ2v) is 8.49. The molecule has 2 aromatic carbocycles. The van der Waals surface area contributed by atoms with Gasteiger partial charge in [0, 0.05) is 10.6 Å². The lowest BCUT2D eigenvalue weighted by Crippen LogP contribution is -2.49. The van der Waals surface area contributed by atoms with Gasteiger partial charge in [-0.25, -0.2) is 4.79 Å². The molecule has 1 heterocycles. The minimum absolute atomic E-state index is 0.112. The van der Waals surface area contributed by atoms with E-state index in [2.05, 4.69) is 26.1 Å². The number of carbonyl (C=O) groups excluding carboxylic acids is 2. The Kier molecular flexibility index (Phi) is 8.02. The molecular formula is C22H24ClN5O3S. The zero-order valence-corrected chi connectivity index (χ0v) is 19.5. The van der Waals surface area contributed by atoms with Crippen molar-refractivity contribution in [2.45, 2.75) is 26.3 Å². The van der Waals surface area contributed by atoms with Gasteiger partial charge in [-0.1, -0.05) is 67.5 Å². The second kappa shape index (κ2) is 10.9. The minimum atomic E-state index is -0.770. The minimum Gasteiger partial charge on any atom is -0.495 e. The molecule has 0 saturated heterocycles. The van der Waals surface area contributed by atoms with Crippen molar-refractivity contribution < 1.29 is 14.3 Å². The summed E-state index contributed by atoms with van der Waals surface area (Å²) in [7, 11) is 1.52. The molecule has 3 amide bonds. The molecule has 3 rings (SSSR count). The van der Waals surface area contributed by atoms with Crippen LogP contribution in [-0.2, 0) is 4.79 Å². The topological polar surface area (TPSA) is 105 Å².